The predicted octanol–water partition coefficient (Wildman–Crippen LogP) is 4.21. The molecule has 0 unspecified atom stereocenters. The molecule has 8 nitrogen and oxygen atoms in total. The molecular weight excluding hydrogens is 510 g/mol. The van der Waals surface area contributed by atoms with Crippen molar-refractivity contribution in [1.82, 2.24) is 0 Å². The molecule has 2 heterocycles. The van der Waals surface area contributed by atoms with E-state index in [-0.39, 0.29) is 29.0 Å². The Labute approximate surface area is 222 Å². The molecule has 2 fully saturated rings. The van der Waals surface area contributed by atoms with Crippen LogP contribution in [0.3, 0.4) is 0 Å². The maximum Gasteiger partial charge on any atom is 0.338 e. The maximum absolute atomic E-state index is 14.0. The van der Waals surface area contributed by atoms with E-state index in [9.17, 15) is 24.0 Å². The molecule has 0 saturated carbocycles. The molecule has 3 aliphatic rings. The van der Waals surface area contributed by atoms with E-state index < -0.39 is 52.9 Å². The summed E-state index contributed by atoms with van der Waals surface area (Å²) in [7, 11) is 0. The van der Waals surface area contributed by atoms with E-state index in [1.54, 1.807) is 43.3 Å². The first-order chi connectivity index (χ1) is 18.3. The summed E-state index contributed by atoms with van der Waals surface area (Å²) in [5.74, 6) is -5.67. The van der Waals surface area contributed by atoms with Gasteiger partial charge in [-0.3, -0.25) is 19.2 Å². The number of carbonyl (C=O) groups is 5. The molecule has 0 aromatic heterocycles. The number of hydrogen-bond donors (Lipinski definition) is 0. The summed E-state index contributed by atoms with van der Waals surface area (Å²) in [6.45, 7) is 1.88. The molecule has 38 heavy (non-hydrogen) atoms. The third-order valence-electron chi connectivity index (χ3n) is 7.33. The lowest BCUT2D eigenvalue weighted by Crippen LogP contribution is -2.51. The van der Waals surface area contributed by atoms with Gasteiger partial charge in [0.05, 0.1) is 35.8 Å². The molecule has 1 spiro atoms. The van der Waals surface area contributed by atoms with Crippen molar-refractivity contribution < 1.29 is 33.4 Å². The largest absolute Gasteiger partial charge is 0.462 e. The highest BCUT2D eigenvalue weighted by atomic mass is 35.5. The number of amides is 2. The minimum atomic E-state index is -2.17. The fourth-order valence-electron chi connectivity index (χ4n) is 5.72. The van der Waals surface area contributed by atoms with Crippen LogP contribution in [0.1, 0.15) is 49.7 Å². The molecular formula is C29H20ClNO7. The summed E-state index contributed by atoms with van der Waals surface area (Å²) in [4.78, 5) is 68.5. The molecule has 3 aromatic carbocycles. The summed E-state index contributed by atoms with van der Waals surface area (Å²) >= 11 is 6.21. The van der Waals surface area contributed by atoms with Crippen molar-refractivity contribution in [3.63, 3.8) is 0 Å². The summed E-state index contributed by atoms with van der Waals surface area (Å²) in [5.41, 5.74) is -0.934. The van der Waals surface area contributed by atoms with Crippen molar-refractivity contribution in [3.8, 4) is 0 Å². The Hall–Kier alpha value is -4.14. The third kappa shape index (κ3) is 3.23. The van der Waals surface area contributed by atoms with Crippen molar-refractivity contribution in [2.24, 2.45) is 11.8 Å². The van der Waals surface area contributed by atoms with Gasteiger partial charge in [-0.25, -0.2) is 9.69 Å². The molecule has 0 N–H and O–H groups in total. The molecule has 9 heteroatoms. The lowest BCUT2D eigenvalue weighted by atomic mass is 9.77. The summed E-state index contributed by atoms with van der Waals surface area (Å²) in [5, 5.41) is 0.374. The van der Waals surface area contributed by atoms with Gasteiger partial charge in [-0.1, -0.05) is 48.0 Å². The number of esters is 1. The molecule has 1 aliphatic carbocycles. The van der Waals surface area contributed by atoms with E-state index in [0.29, 0.717) is 10.6 Å². The van der Waals surface area contributed by atoms with Crippen LogP contribution in [-0.2, 0) is 19.1 Å². The zero-order valence-electron chi connectivity index (χ0n) is 20.1. The predicted molar refractivity (Wildman–Crippen MR) is 135 cm³/mol. The highest BCUT2D eigenvalue weighted by Gasteiger charge is 2.74. The van der Waals surface area contributed by atoms with Gasteiger partial charge in [-0.05, 0) is 48.9 Å². The molecule has 3 atom stereocenters. The number of imide groups is 1. The van der Waals surface area contributed by atoms with Crippen molar-refractivity contribution in [2.45, 2.75) is 18.6 Å². The van der Waals surface area contributed by atoms with Gasteiger partial charge in [-0.2, -0.15) is 0 Å². The van der Waals surface area contributed by atoms with Gasteiger partial charge >= 0.3 is 5.97 Å². The minimum absolute atomic E-state index is 0.153. The second-order valence-corrected chi connectivity index (χ2v) is 9.75. The van der Waals surface area contributed by atoms with E-state index >= 15 is 0 Å². The van der Waals surface area contributed by atoms with Gasteiger partial charge in [0.1, 0.15) is 0 Å². The number of rotatable bonds is 4. The summed E-state index contributed by atoms with van der Waals surface area (Å²) in [6.07, 6.45) is -1.07. The molecule has 0 bridgehead atoms. The lowest BCUT2D eigenvalue weighted by molar-refractivity contribution is -0.127. The van der Waals surface area contributed by atoms with Gasteiger partial charge in [-0.15, -0.1) is 0 Å². The molecule has 2 aliphatic heterocycles. The monoisotopic (exact) mass is 529 g/mol. The number of nitrogens with zero attached hydrogens (tertiary/aromatic N) is 1. The Morgan fingerprint density at radius 1 is 0.921 bits per heavy atom. The molecule has 6 rings (SSSR count). The van der Waals surface area contributed by atoms with Crippen LogP contribution in [0, 0.1) is 11.8 Å². The van der Waals surface area contributed by atoms with Gasteiger partial charge in [0.25, 0.3) is 0 Å². The van der Waals surface area contributed by atoms with Crippen molar-refractivity contribution >= 4 is 46.6 Å². The first kappa shape index (κ1) is 24.2. The molecule has 2 amide bonds. The maximum atomic E-state index is 14.0. The van der Waals surface area contributed by atoms with Crippen molar-refractivity contribution in [1.29, 1.82) is 0 Å². The third-order valence-corrected chi connectivity index (χ3v) is 7.57. The highest BCUT2D eigenvalue weighted by molar-refractivity contribution is 6.37. The number of fused-ring (bicyclic) bond motifs is 3. The van der Waals surface area contributed by atoms with E-state index in [1.807, 2.05) is 0 Å². The lowest BCUT2D eigenvalue weighted by Gasteiger charge is -2.27. The number of ether oxygens (including phenoxy) is 2. The van der Waals surface area contributed by atoms with E-state index in [2.05, 4.69) is 0 Å². The molecule has 190 valence electrons. The Morgan fingerprint density at radius 3 is 2.18 bits per heavy atom. The van der Waals surface area contributed by atoms with Gasteiger partial charge < -0.3 is 9.47 Å². The SMILES string of the molecule is CCOC(=O)c1ccc(N2C(=O)[C@@H]3[C@@H](C2=O)C2(O[C@H]3c3cccc(Cl)c3)C(=O)c3ccccc3C2=O)cc1. The van der Waals surface area contributed by atoms with Crippen molar-refractivity contribution in [2.75, 3.05) is 11.5 Å². The number of benzene rings is 3. The fraction of sp³-hybridized carbons (Fsp3) is 0.207. The molecule has 0 radical (unpaired) electrons. The number of hydrogen-bond acceptors (Lipinski definition) is 7. The second-order valence-electron chi connectivity index (χ2n) is 9.32. The van der Waals surface area contributed by atoms with Crippen LogP contribution in [0.2, 0.25) is 5.02 Å². The summed E-state index contributed by atoms with van der Waals surface area (Å²) < 4.78 is 11.2. The van der Waals surface area contributed by atoms with Crippen LogP contribution in [0.15, 0.2) is 72.8 Å². The van der Waals surface area contributed by atoms with Crippen LogP contribution < -0.4 is 4.90 Å². The fourth-order valence-corrected chi connectivity index (χ4v) is 5.92. The first-order valence-corrected chi connectivity index (χ1v) is 12.4. The van der Waals surface area contributed by atoms with Gasteiger partial charge in [0.15, 0.2) is 0 Å². The zero-order chi connectivity index (χ0) is 26.8. The number of ketones is 2. The number of anilines is 1. The number of carbonyl (C=O) groups excluding carboxylic acids is 5. The smallest absolute Gasteiger partial charge is 0.338 e. The van der Waals surface area contributed by atoms with Crippen molar-refractivity contribution in [3.05, 3.63) is 100 Å². The standard InChI is InChI=1S/C29H20ClNO7/c1-2-37-28(36)15-10-12-18(13-11-15)31-26(34)21-22(27(31)35)29(38-23(21)16-6-5-7-17(30)14-16)24(32)19-8-3-4-9-20(19)25(29)33/h3-14,21-23H,2H2,1H3/t21-,22+,23+/m1/s1. The van der Waals surface area contributed by atoms with Crippen LogP contribution in [0.5, 0.6) is 0 Å². The normalized spacial score (nSPS) is 23.2. The Bertz CT molecular complexity index is 1510. The van der Waals surface area contributed by atoms with E-state index in [0.717, 1.165) is 4.90 Å². The number of Topliss-reactive ketones (excluding diaryl/α,β-unsaturated/α-hetero) is 2. The van der Waals surface area contributed by atoms with Crippen LogP contribution in [0.25, 0.3) is 0 Å². The average Bonchev–Trinajstić information content (AvgIpc) is 3.49. The van der Waals surface area contributed by atoms with Crippen LogP contribution in [0.4, 0.5) is 5.69 Å². The highest BCUT2D eigenvalue weighted by Crippen LogP contribution is 2.57. The molecule has 3 aromatic rings. The van der Waals surface area contributed by atoms with Crippen LogP contribution >= 0.6 is 11.6 Å². The zero-order valence-corrected chi connectivity index (χ0v) is 20.8. The minimum Gasteiger partial charge on any atom is -0.462 e. The topological polar surface area (TPSA) is 107 Å². The Morgan fingerprint density at radius 2 is 1.58 bits per heavy atom. The summed E-state index contributed by atoms with van der Waals surface area (Å²) in [6, 6.07) is 18.7. The van der Waals surface area contributed by atoms with Gasteiger partial charge in [0.2, 0.25) is 29.0 Å². The Kier molecular flexibility index (Phi) is 5.55. The number of halogens is 1. The van der Waals surface area contributed by atoms with E-state index in [4.69, 9.17) is 21.1 Å². The average molecular weight is 530 g/mol. The van der Waals surface area contributed by atoms with Gasteiger partial charge in [0, 0.05) is 16.1 Å². The van der Waals surface area contributed by atoms with Crippen LogP contribution in [-0.4, -0.2) is 41.6 Å². The quantitative estimate of drug-likeness (QED) is 0.283. The Balaban J connectivity index is 1.47. The second kappa shape index (κ2) is 8.72. The molecule has 2 saturated heterocycles. The first-order valence-electron chi connectivity index (χ1n) is 12.1. The van der Waals surface area contributed by atoms with E-state index in [1.165, 1.54) is 36.4 Å².